The number of hydrogen-bond acceptors (Lipinski definition) is 6. The van der Waals surface area contributed by atoms with Crippen LogP contribution in [0, 0.1) is 5.92 Å². The lowest BCUT2D eigenvalue weighted by Gasteiger charge is -2.30. The van der Waals surface area contributed by atoms with E-state index in [-0.39, 0.29) is 23.7 Å². The molecule has 0 radical (unpaired) electrons. The molecule has 26 heavy (non-hydrogen) atoms. The van der Waals surface area contributed by atoms with Gasteiger partial charge < -0.3 is 19.5 Å². The van der Waals surface area contributed by atoms with E-state index in [0.29, 0.717) is 49.8 Å². The third-order valence-electron chi connectivity index (χ3n) is 4.21. The summed E-state index contributed by atoms with van der Waals surface area (Å²) in [5.41, 5.74) is 0.566. The van der Waals surface area contributed by atoms with Crippen molar-refractivity contribution in [2.75, 3.05) is 33.6 Å². The molecule has 1 saturated heterocycles. The van der Waals surface area contributed by atoms with Gasteiger partial charge in [0, 0.05) is 39.3 Å². The number of nitrogens with zero attached hydrogens (tertiary/aromatic N) is 2. The van der Waals surface area contributed by atoms with Crippen LogP contribution in [0.4, 0.5) is 0 Å². The number of fused-ring (bicyclic) bond motifs is 2. The largest absolute Gasteiger partial charge is 0.454 e. The van der Waals surface area contributed by atoms with Crippen molar-refractivity contribution in [2.45, 2.75) is 19.3 Å². The number of hydrogen-bond donors (Lipinski definition) is 1. The molecule has 0 spiro atoms. The number of amides is 2. The first-order valence-corrected chi connectivity index (χ1v) is 8.90. The van der Waals surface area contributed by atoms with Gasteiger partial charge in [-0.25, -0.2) is 4.99 Å². The van der Waals surface area contributed by atoms with Gasteiger partial charge in [-0.05, 0) is 31.1 Å². The highest BCUT2D eigenvalue weighted by Gasteiger charge is 2.38. The summed E-state index contributed by atoms with van der Waals surface area (Å²) in [4.78, 5) is 30.4. The summed E-state index contributed by atoms with van der Waals surface area (Å²) in [5.74, 6) is 0.410. The topological polar surface area (TPSA) is 89.5 Å². The number of aliphatic imine (C=N–C) groups is 1. The van der Waals surface area contributed by atoms with Gasteiger partial charge in [-0.3, -0.25) is 14.5 Å². The Balaban J connectivity index is 1.52. The molecule has 9 heteroatoms. The second-order valence-electron chi connectivity index (χ2n) is 6.03. The van der Waals surface area contributed by atoms with Crippen molar-refractivity contribution in [3.8, 4) is 0 Å². The Morgan fingerprint density at radius 2 is 2.23 bits per heavy atom. The van der Waals surface area contributed by atoms with Gasteiger partial charge in [0.2, 0.25) is 23.7 Å². The first kappa shape index (κ1) is 18.5. The zero-order valence-corrected chi connectivity index (χ0v) is 15.3. The summed E-state index contributed by atoms with van der Waals surface area (Å²) in [6, 6.07) is 0. The number of carbonyl (C=O) groups is 2. The van der Waals surface area contributed by atoms with E-state index in [2.05, 4.69) is 10.3 Å². The van der Waals surface area contributed by atoms with Crippen molar-refractivity contribution in [3.05, 3.63) is 23.7 Å². The molecule has 3 aliphatic rings. The normalized spacial score (nSPS) is 21.0. The van der Waals surface area contributed by atoms with Crippen molar-refractivity contribution in [1.82, 2.24) is 10.2 Å². The second-order valence-corrected chi connectivity index (χ2v) is 6.40. The standard InChI is InChI=1S/C17H21N3O5S/c1-23-7-3-5-18-15(21)4-2-6-20-16(22)11-8-13-14(25-10-24-13)9-12(11)19-17(20)26/h8-9,11H,2-7,10H2,1H3,(H,18,21). The highest BCUT2D eigenvalue weighted by Crippen LogP contribution is 2.31. The van der Waals surface area contributed by atoms with Crippen LogP contribution in [0.25, 0.3) is 0 Å². The van der Waals surface area contributed by atoms with Crippen molar-refractivity contribution < 1.29 is 23.8 Å². The zero-order valence-electron chi connectivity index (χ0n) is 14.5. The van der Waals surface area contributed by atoms with E-state index in [1.165, 1.54) is 4.90 Å². The van der Waals surface area contributed by atoms with Gasteiger partial charge in [-0.15, -0.1) is 0 Å². The van der Waals surface area contributed by atoms with Crippen molar-refractivity contribution in [3.63, 3.8) is 0 Å². The molecule has 0 bridgehead atoms. The van der Waals surface area contributed by atoms with E-state index < -0.39 is 5.92 Å². The van der Waals surface area contributed by atoms with Gasteiger partial charge in [0.25, 0.3) is 0 Å². The molecule has 140 valence electrons. The van der Waals surface area contributed by atoms with Crippen LogP contribution in [-0.2, 0) is 23.8 Å². The smallest absolute Gasteiger partial charge is 0.241 e. The van der Waals surface area contributed by atoms with E-state index in [4.69, 9.17) is 26.4 Å². The molecule has 1 aliphatic carbocycles. The highest BCUT2D eigenvalue weighted by molar-refractivity contribution is 7.80. The molecule has 1 atom stereocenters. The van der Waals surface area contributed by atoms with Crippen LogP contribution in [-0.4, -0.2) is 61.1 Å². The number of rotatable bonds is 8. The summed E-state index contributed by atoms with van der Waals surface area (Å²) < 4.78 is 15.6. The third-order valence-corrected chi connectivity index (χ3v) is 4.52. The van der Waals surface area contributed by atoms with Crippen LogP contribution in [0.15, 0.2) is 28.7 Å². The van der Waals surface area contributed by atoms with E-state index >= 15 is 0 Å². The van der Waals surface area contributed by atoms with Crippen LogP contribution in [0.1, 0.15) is 19.3 Å². The quantitative estimate of drug-likeness (QED) is 0.498. The fraction of sp³-hybridized carbons (Fsp3) is 0.529. The fourth-order valence-electron chi connectivity index (χ4n) is 2.87. The Morgan fingerprint density at radius 3 is 3.04 bits per heavy atom. The fourth-order valence-corrected chi connectivity index (χ4v) is 3.16. The van der Waals surface area contributed by atoms with Gasteiger partial charge >= 0.3 is 0 Å². The predicted molar refractivity (Wildman–Crippen MR) is 97.2 cm³/mol. The molecule has 1 unspecified atom stereocenters. The molecule has 3 rings (SSSR count). The van der Waals surface area contributed by atoms with Crippen LogP contribution in [0.3, 0.4) is 0 Å². The average molecular weight is 379 g/mol. The number of thiocarbonyl (C=S) groups is 1. The Labute approximate surface area is 156 Å². The summed E-state index contributed by atoms with van der Waals surface area (Å²) in [7, 11) is 1.62. The Hall–Kier alpha value is -2.26. The number of allylic oxidation sites excluding steroid dienone is 1. The predicted octanol–water partition coefficient (Wildman–Crippen LogP) is 0.889. The monoisotopic (exact) mass is 379 g/mol. The van der Waals surface area contributed by atoms with Crippen LogP contribution < -0.4 is 5.32 Å². The SMILES string of the molecule is COCCCNC(=O)CCCN1C(=O)C2C=C3OCOC3=CC2=NC1=S. The molecule has 0 aromatic heterocycles. The van der Waals surface area contributed by atoms with Crippen molar-refractivity contribution >= 4 is 34.9 Å². The summed E-state index contributed by atoms with van der Waals surface area (Å²) in [6.07, 6.45) is 5.01. The maximum atomic E-state index is 12.8. The minimum absolute atomic E-state index is 0.0514. The van der Waals surface area contributed by atoms with E-state index in [1.807, 2.05) is 0 Å². The summed E-state index contributed by atoms with van der Waals surface area (Å²) in [6.45, 7) is 1.68. The Kier molecular flexibility index (Phi) is 6.00. The first-order valence-electron chi connectivity index (χ1n) is 8.49. The second kappa shape index (κ2) is 8.41. The van der Waals surface area contributed by atoms with Crippen LogP contribution >= 0.6 is 12.2 Å². The molecule has 1 fully saturated rings. The van der Waals surface area contributed by atoms with Gasteiger partial charge in [0.1, 0.15) is 5.92 Å². The average Bonchev–Trinajstić information content (AvgIpc) is 3.07. The lowest BCUT2D eigenvalue weighted by molar-refractivity contribution is -0.129. The minimum atomic E-state index is -0.523. The summed E-state index contributed by atoms with van der Waals surface area (Å²) >= 11 is 5.25. The molecule has 2 amide bonds. The first-order chi connectivity index (χ1) is 12.6. The molecular weight excluding hydrogens is 358 g/mol. The third kappa shape index (κ3) is 4.10. The lowest BCUT2D eigenvalue weighted by Crippen LogP contribution is -2.46. The zero-order chi connectivity index (χ0) is 18.5. The number of carbonyl (C=O) groups excluding carboxylic acids is 2. The van der Waals surface area contributed by atoms with E-state index in [1.54, 1.807) is 19.3 Å². The molecular formula is C17H21N3O5S. The maximum Gasteiger partial charge on any atom is 0.241 e. The molecule has 0 saturated carbocycles. The number of nitrogens with one attached hydrogen (secondary N) is 1. The van der Waals surface area contributed by atoms with Crippen LogP contribution in [0.2, 0.25) is 0 Å². The van der Waals surface area contributed by atoms with Crippen LogP contribution in [0.5, 0.6) is 0 Å². The number of ether oxygens (including phenoxy) is 3. The molecule has 2 aliphatic heterocycles. The number of methoxy groups -OCH3 is 1. The highest BCUT2D eigenvalue weighted by atomic mass is 32.1. The maximum absolute atomic E-state index is 12.8. The van der Waals surface area contributed by atoms with Crippen molar-refractivity contribution in [2.24, 2.45) is 10.9 Å². The van der Waals surface area contributed by atoms with E-state index in [9.17, 15) is 9.59 Å². The van der Waals surface area contributed by atoms with Gasteiger partial charge in [0.15, 0.2) is 11.5 Å². The Bertz CT molecular complexity index is 701. The Morgan fingerprint density at radius 1 is 1.42 bits per heavy atom. The van der Waals surface area contributed by atoms with Gasteiger partial charge in [-0.2, -0.15) is 0 Å². The minimum Gasteiger partial charge on any atom is -0.454 e. The molecule has 0 aromatic rings. The van der Waals surface area contributed by atoms with E-state index in [0.717, 1.165) is 6.42 Å². The molecule has 0 aromatic carbocycles. The summed E-state index contributed by atoms with van der Waals surface area (Å²) in [5, 5.41) is 3.03. The van der Waals surface area contributed by atoms with Gasteiger partial charge in [0.05, 0.1) is 5.71 Å². The molecule has 2 heterocycles. The van der Waals surface area contributed by atoms with Crippen molar-refractivity contribution in [1.29, 1.82) is 0 Å². The lowest BCUT2D eigenvalue weighted by atomic mass is 9.94. The molecule has 1 N–H and O–H groups in total. The molecule has 8 nitrogen and oxygen atoms in total. The van der Waals surface area contributed by atoms with Gasteiger partial charge in [-0.1, -0.05) is 0 Å².